The second-order valence-corrected chi connectivity index (χ2v) is 18.1. The summed E-state index contributed by atoms with van der Waals surface area (Å²) in [6.07, 6.45) is 5.61. The zero-order valence-corrected chi connectivity index (χ0v) is 40.3. The number of pyridine rings is 2. The Hall–Kier alpha value is -7.27. The summed E-state index contributed by atoms with van der Waals surface area (Å²) in [5.41, 5.74) is 10.3. The normalized spacial score (nSPS) is 19.2. The lowest BCUT2D eigenvalue weighted by atomic mass is 9.90. The van der Waals surface area contributed by atoms with Gasteiger partial charge in [-0.1, -0.05) is 30.4 Å². The van der Waals surface area contributed by atoms with Gasteiger partial charge in [0.1, 0.15) is 23.6 Å². The average molecular weight is 1010 g/mol. The van der Waals surface area contributed by atoms with Crippen LogP contribution >= 0.6 is 0 Å². The van der Waals surface area contributed by atoms with Gasteiger partial charge in [-0.25, -0.2) is 14.8 Å². The van der Waals surface area contributed by atoms with E-state index in [-0.39, 0.29) is 106 Å². The number of aromatic nitrogens is 4. The first-order valence-corrected chi connectivity index (χ1v) is 24.3. The maximum Gasteiger partial charge on any atom is 0.416 e. The number of aliphatic hydroxyl groups is 1. The summed E-state index contributed by atoms with van der Waals surface area (Å²) in [5, 5.41) is 28.0. The van der Waals surface area contributed by atoms with Crippen molar-refractivity contribution in [3.8, 4) is 11.3 Å². The molecule has 386 valence electrons. The van der Waals surface area contributed by atoms with Crippen LogP contribution in [-0.4, -0.2) is 124 Å². The summed E-state index contributed by atoms with van der Waals surface area (Å²) in [7, 11) is 0. The first-order chi connectivity index (χ1) is 35.1. The van der Waals surface area contributed by atoms with Crippen molar-refractivity contribution in [2.45, 2.75) is 82.8 Å². The Morgan fingerprint density at radius 3 is 2.49 bits per heavy atom. The number of nitrogens with zero attached hydrogens (tertiary/aromatic N) is 6. The van der Waals surface area contributed by atoms with E-state index in [1.54, 1.807) is 53.6 Å². The van der Waals surface area contributed by atoms with E-state index in [0.717, 1.165) is 54.2 Å². The summed E-state index contributed by atoms with van der Waals surface area (Å²) in [6.45, 7) is 3.59. The van der Waals surface area contributed by atoms with Crippen LogP contribution in [-0.2, 0) is 25.2 Å². The third-order valence-electron chi connectivity index (χ3n) is 13.0. The van der Waals surface area contributed by atoms with E-state index >= 15 is 0 Å². The van der Waals surface area contributed by atoms with Crippen molar-refractivity contribution in [2.24, 2.45) is 0 Å². The quantitative estimate of drug-likeness (QED) is 0.0702. The van der Waals surface area contributed by atoms with E-state index in [1.165, 1.54) is 4.90 Å². The van der Waals surface area contributed by atoms with Crippen LogP contribution in [0.15, 0.2) is 73.1 Å². The summed E-state index contributed by atoms with van der Waals surface area (Å²) in [6, 6.07) is 12.4. The monoisotopic (exact) mass is 1010 g/mol. The molecule has 1 aliphatic carbocycles. The number of imide groups is 1. The Bertz CT molecular complexity index is 2860. The molecule has 1 saturated heterocycles. The first kappa shape index (κ1) is 52.1. The molecule has 5 heterocycles. The highest BCUT2D eigenvalue weighted by molar-refractivity contribution is 6.07. The molecule has 22 heteroatoms. The van der Waals surface area contributed by atoms with Crippen molar-refractivity contribution in [1.29, 1.82) is 0 Å². The van der Waals surface area contributed by atoms with Gasteiger partial charge in [0.2, 0.25) is 11.8 Å². The summed E-state index contributed by atoms with van der Waals surface area (Å²) >= 11 is 0. The molecule has 3 aromatic heterocycles. The van der Waals surface area contributed by atoms with Crippen LogP contribution < -0.4 is 31.9 Å². The number of nitrogen functional groups attached to an aromatic ring is 1. The Labute approximate surface area is 418 Å². The number of hydrogen-bond donors (Lipinski definition) is 6. The number of rotatable bonds is 14. The van der Waals surface area contributed by atoms with Crippen LogP contribution in [0.4, 0.5) is 35.3 Å². The number of aryl methyl sites for hydroxylation is 1. The number of aliphatic hydroxyl groups excluding tert-OH is 1. The fourth-order valence-electron chi connectivity index (χ4n) is 9.26. The predicted molar refractivity (Wildman–Crippen MR) is 265 cm³/mol. The molecule has 2 fully saturated rings. The second-order valence-electron chi connectivity index (χ2n) is 18.1. The Balaban J connectivity index is 0.841. The molecule has 0 spiro atoms. The maximum atomic E-state index is 13.5. The Morgan fingerprint density at radius 2 is 1.71 bits per heavy atom. The smallest absolute Gasteiger partial charge is 0.383 e. The lowest BCUT2D eigenvalue weighted by Crippen LogP contribution is -2.49. The number of nitrogens with two attached hydrogens (primary N) is 1. The number of ether oxygens (including phenoxy) is 2. The summed E-state index contributed by atoms with van der Waals surface area (Å²) in [4.78, 5) is 74.9. The molecule has 0 radical (unpaired) electrons. The van der Waals surface area contributed by atoms with Crippen LogP contribution in [0.25, 0.3) is 28.2 Å². The van der Waals surface area contributed by atoms with Crippen molar-refractivity contribution in [3.63, 3.8) is 0 Å². The molecule has 6 amide bonds. The number of halogens is 3. The van der Waals surface area contributed by atoms with Gasteiger partial charge < -0.3 is 35.8 Å². The highest BCUT2D eigenvalue weighted by atomic mass is 19.4. The zero-order chi connectivity index (χ0) is 51.6. The fourth-order valence-corrected chi connectivity index (χ4v) is 9.26. The maximum absolute atomic E-state index is 13.5. The number of amides is 6. The Morgan fingerprint density at radius 1 is 0.932 bits per heavy atom. The number of anilines is 3. The van der Waals surface area contributed by atoms with E-state index in [9.17, 15) is 42.3 Å². The number of β-amino-alcohol motifs (C(OH)–C–C–N with tert-alkyl or cyclic N) is 1. The van der Waals surface area contributed by atoms with Crippen molar-refractivity contribution in [2.75, 3.05) is 68.6 Å². The SMILES string of the molecule is Cc1ccc(C(=O)NCCOCCOCCC(=O)N2CCC/C=C/c3cnc(N)c4c(-c5ccc(C(=O)Nc6cc(C(F)(F)F)ccn6)cc5)nn(c34)[C@@H]3CCC[C@H](C3)NC(O)C2)cc1N1CCC(=O)NC1=O. The number of hydrogen-bond acceptors (Lipinski definition) is 13. The molecule has 1 saturated carbocycles. The number of carbonyl (C=O) groups excluding carboxylic acids is 5. The predicted octanol–water partition coefficient (Wildman–Crippen LogP) is 5.98. The minimum Gasteiger partial charge on any atom is -0.383 e. The highest BCUT2D eigenvalue weighted by Crippen LogP contribution is 2.39. The van der Waals surface area contributed by atoms with Crippen molar-refractivity contribution < 1.29 is 51.7 Å². The minimum atomic E-state index is -4.59. The van der Waals surface area contributed by atoms with Gasteiger partial charge >= 0.3 is 12.2 Å². The third-order valence-corrected chi connectivity index (χ3v) is 13.0. The van der Waals surface area contributed by atoms with Gasteiger partial charge in [0.15, 0.2) is 0 Å². The minimum absolute atomic E-state index is 0.0817. The molecule has 3 aliphatic rings. The summed E-state index contributed by atoms with van der Waals surface area (Å²) in [5.74, 6) is -1.44. The zero-order valence-electron chi connectivity index (χ0n) is 40.3. The van der Waals surface area contributed by atoms with Crippen molar-refractivity contribution in [1.82, 2.24) is 40.6 Å². The van der Waals surface area contributed by atoms with Gasteiger partial charge in [-0.15, -0.1) is 0 Å². The van der Waals surface area contributed by atoms with E-state index in [2.05, 4.69) is 31.2 Å². The molecule has 5 aromatic rings. The van der Waals surface area contributed by atoms with Crippen molar-refractivity contribution >= 4 is 64.0 Å². The molecule has 3 atom stereocenters. The number of urea groups is 1. The van der Waals surface area contributed by atoms with E-state index in [4.69, 9.17) is 20.3 Å². The average Bonchev–Trinajstić information content (AvgIpc) is 3.78. The second kappa shape index (κ2) is 23.5. The van der Waals surface area contributed by atoms with Crippen LogP contribution in [0.5, 0.6) is 0 Å². The first-order valence-electron chi connectivity index (χ1n) is 24.3. The molecule has 19 nitrogen and oxygen atoms in total. The van der Waals surface area contributed by atoms with Gasteiger partial charge in [0, 0.05) is 72.4 Å². The van der Waals surface area contributed by atoms with E-state index in [0.29, 0.717) is 53.7 Å². The molecule has 1 unspecified atom stereocenters. The number of nitrogens with one attached hydrogen (secondary N) is 4. The molecular formula is C51H58F3N11O8. The largest absolute Gasteiger partial charge is 0.416 e. The highest BCUT2D eigenvalue weighted by Gasteiger charge is 2.32. The summed E-state index contributed by atoms with van der Waals surface area (Å²) < 4.78 is 53.1. The van der Waals surface area contributed by atoms with Crippen LogP contribution in [0.3, 0.4) is 0 Å². The Kier molecular flexibility index (Phi) is 16.8. The number of alkyl halides is 3. The van der Waals surface area contributed by atoms with Crippen LogP contribution in [0.2, 0.25) is 0 Å². The van der Waals surface area contributed by atoms with Crippen LogP contribution in [0.1, 0.15) is 94.8 Å². The standard InChI is InChI=1S/C51H58F3N11O8/c1-31-9-10-34(26-39(31)64-21-16-41(66)61-50(64)71)48(69)57-19-23-73-25-24-72-22-17-43(68)63-20-4-2-3-6-35-29-58-47(55)44-45(62-65(46(35)44)38-8-5-7-37(28-38)59-42(67)30-63)32-11-13-33(14-12-32)49(70)60-40-27-36(15-18-56-40)51(52,53)54/h3,6,9-15,18,26-27,29,37-38,42,59,67H,2,4-5,7-8,16-17,19-25,28,30H2,1H3,(H2,55,58)(H,57,69)(H,56,60,70)(H,61,66,71)/b6-3+/t37-,38-,42?/m1/s1. The van der Waals surface area contributed by atoms with Gasteiger partial charge in [0.25, 0.3) is 11.8 Å². The fraction of sp³-hybridized carbons (Fsp3) is 0.412. The van der Waals surface area contributed by atoms with E-state index in [1.807, 2.05) is 23.8 Å². The number of allylic oxidation sites excluding steroid dienone is 1. The molecular weight excluding hydrogens is 952 g/mol. The van der Waals surface area contributed by atoms with Crippen LogP contribution in [0, 0.1) is 6.92 Å². The molecule has 2 aromatic carbocycles. The molecule has 8 rings (SSSR count). The lowest BCUT2D eigenvalue weighted by molar-refractivity contribution is -0.137. The molecule has 73 heavy (non-hydrogen) atoms. The van der Waals surface area contributed by atoms with Gasteiger partial charge in [-0.05, 0) is 87.4 Å². The van der Waals surface area contributed by atoms with Gasteiger partial charge in [-0.2, -0.15) is 18.3 Å². The van der Waals surface area contributed by atoms with Gasteiger partial charge in [-0.3, -0.25) is 39.4 Å². The number of benzene rings is 2. The number of fused-ring (bicyclic) bond motifs is 3. The molecule has 2 bridgehead atoms. The number of carbonyl (C=O) groups is 5. The molecule has 7 N–H and O–H groups in total. The van der Waals surface area contributed by atoms with Gasteiger partial charge in [0.05, 0.1) is 61.9 Å². The van der Waals surface area contributed by atoms with Crippen molar-refractivity contribution in [3.05, 3.63) is 101 Å². The third kappa shape index (κ3) is 13.0. The topological polar surface area (TPSA) is 248 Å². The lowest BCUT2D eigenvalue weighted by Gasteiger charge is -2.33. The van der Waals surface area contributed by atoms with E-state index < -0.39 is 29.9 Å². The molecule has 2 aliphatic heterocycles.